The van der Waals surface area contributed by atoms with E-state index in [4.69, 9.17) is 16.0 Å². The average Bonchev–Trinajstić information content (AvgIpc) is 2.77. The van der Waals surface area contributed by atoms with E-state index in [0.717, 1.165) is 5.56 Å². The van der Waals surface area contributed by atoms with Gasteiger partial charge in [-0.2, -0.15) is 0 Å². The molecule has 0 fully saturated rings. The Hall–Kier alpha value is -2.07. The molecule has 0 radical (unpaired) electrons. The normalized spacial score (nSPS) is 10.1. The summed E-state index contributed by atoms with van der Waals surface area (Å²) >= 11 is 5.87. The van der Waals surface area contributed by atoms with Crippen LogP contribution in [-0.4, -0.2) is 11.8 Å². The van der Waals surface area contributed by atoms with Gasteiger partial charge in [-0.05, 0) is 24.3 Å². The predicted molar refractivity (Wildman–Crippen MR) is 67.3 cm³/mol. The number of imide groups is 1. The second-order valence-electron chi connectivity index (χ2n) is 3.68. The molecule has 5 heteroatoms. The molecular formula is C13H10ClNO3. The quantitative estimate of drug-likeness (QED) is 0.906. The molecule has 1 heterocycles. The Morgan fingerprint density at radius 1 is 1.22 bits per heavy atom. The molecule has 1 aromatic carbocycles. The first-order valence-corrected chi connectivity index (χ1v) is 5.62. The van der Waals surface area contributed by atoms with Crippen molar-refractivity contribution < 1.29 is 14.0 Å². The van der Waals surface area contributed by atoms with E-state index < -0.39 is 11.8 Å². The zero-order chi connectivity index (χ0) is 13.1. The van der Waals surface area contributed by atoms with Crippen LogP contribution in [0.15, 0.2) is 40.8 Å². The van der Waals surface area contributed by atoms with Crippen molar-refractivity contribution in [1.82, 2.24) is 5.32 Å². The van der Waals surface area contributed by atoms with E-state index in [0.29, 0.717) is 10.8 Å². The van der Waals surface area contributed by atoms with E-state index >= 15 is 0 Å². The van der Waals surface area contributed by atoms with Gasteiger partial charge in [0, 0.05) is 17.5 Å². The fraction of sp³-hybridized carbons (Fsp3) is 0.0769. The van der Waals surface area contributed by atoms with Gasteiger partial charge in [0.2, 0.25) is 5.91 Å². The van der Waals surface area contributed by atoms with Crippen LogP contribution in [-0.2, 0) is 4.79 Å². The number of benzene rings is 1. The second-order valence-corrected chi connectivity index (χ2v) is 4.12. The highest BCUT2D eigenvalue weighted by Gasteiger charge is 2.13. The van der Waals surface area contributed by atoms with Crippen molar-refractivity contribution in [2.45, 2.75) is 6.92 Å². The van der Waals surface area contributed by atoms with Crippen molar-refractivity contribution in [2.75, 3.05) is 0 Å². The standard InChI is InChI=1S/C13H10ClNO3/c1-8(16)15-13(17)12-6-5-11(18-12)9-3-2-4-10(14)7-9/h2-7H,1H3,(H,15,16,17). The lowest BCUT2D eigenvalue weighted by Crippen LogP contribution is -2.27. The molecule has 18 heavy (non-hydrogen) atoms. The molecular weight excluding hydrogens is 254 g/mol. The van der Waals surface area contributed by atoms with E-state index in [2.05, 4.69) is 5.32 Å². The number of nitrogens with one attached hydrogen (secondary N) is 1. The third kappa shape index (κ3) is 2.78. The van der Waals surface area contributed by atoms with Crippen LogP contribution in [0.1, 0.15) is 17.5 Å². The van der Waals surface area contributed by atoms with Crippen molar-refractivity contribution in [1.29, 1.82) is 0 Å². The Balaban J connectivity index is 2.25. The molecule has 2 aromatic rings. The molecule has 4 nitrogen and oxygen atoms in total. The summed E-state index contributed by atoms with van der Waals surface area (Å²) < 4.78 is 5.36. The van der Waals surface area contributed by atoms with Crippen LogP contribution < -0.4 is 5.32 Å². The van der Waals surface area contributed by atoms with Crippen molar-refractivity contribution >= 4 is 23.4 Å². The minimum Gasteiger partial charge on any atom is -0.451 e. The van der Waals surface area contributed by atoms with Gasteiger partial charge in [0.1, 0.15) is 5.76 Å². The fourth-order valence-corrected chi connectivity index (χ4v) is 1.67. The number of hydrogen-bond acceptors (Lipinski definition) is 3. The van der Waals surface area contributed by atoms with Gasteiger partial charge in [0.25, 0.3) is 5.91 Å². The molecule has 0 saturated carbocycles. The highest BCUT2D eigenvalue weighted by Crippen LogP contribution is 2.24. The summed E-state index contributed by atoms with van der Waals surface area (Å²) in [5.41, 5.74) is 0.768. The summed E-state index contributed by atoms with van der Waals surface area (Å²) in [5, 5.41) is 2.72. The van der Waals surface area contributed by atoms with Gasteiger partial charge in [-0.1, -0.05) is 23.7 Å². The number of halogens is 1. The first-order chi connectivity index (χ1) is 8.56. The minimum atomic E-state index is -0.559. The Morgan fingerprint density at radius 2 is 2.00 bits per heavy atom. The molecule has 0 bridgehead atoms. The highest BCUT2D eigenvalue weighted by molar-refractivity contribution is 6.30. The molecule has 2 rings (SSSR count). The topological polar surface area (TPSA) is 59.3 Å². The Labute approximate surface area is 109 Å². The molecule has 0 spiro atoms. The molecule has 0 saturated heterocycles. The van der Waals surface area contributed by atoms with Crippen LogP contribution >= 0.6 is 11.6 Å². The number of carbonyl (C=O) groups is 2. The Kier molecular flexibility index (Phi) is 3.48. The van der Waals surface area contributed by atoms with E-state index in [1.165, 1.54) is 13.0 Å². The molecule has 0 atom stereocenters. The van der Waals surface area contributed by atoms with Crippen molar-refractivity contribution in [3.05, 3.63) is 47.2 Å². The van der Waals surface area contributed by atoms with Crippen LogP contribution in [0.3, 0.4) is 0 Å². The van der Waals surface area contributed by atoms with Gasteiger partial charge < -0.3 is 4.42 Å². The van der Waals surface area contributed by atoms with Gasteiger partial charge in [-0.15, -0.1) is 0 Å². The third-order valence-corrected chi connectivity index (χ3v) is 2.46. The minimum absolute atomic E-state index is 0.0835. The van der Waals surface area contributed by atoms with Crippen molar-refractivity contribution in [3.8, 4) is 11.3 Å². The Morgan fingerprint density at radius 3 is 2.67 bits per heavy atom. The van der Waals surface area contributed by atoms with E-state index in [-0.39, 0.29) is 5.76 Å². The largest absolute Gasteiger partial charge is 0.451 e. The lowest BCUT2D eigenvalue weighted by molar-refractivity contribution is -0.118. The number of furan rings is 1. The van der Waals surface area contributed by atoms with Gasteiger partial charge in [0.05, 0.1) is 0 Å². The first kappa shape index (κ1) is 12.4. The maximum absolute atomic E-state index is 11.5. The fourth-order valence-electron chi connectivity index (χ4n) is 1.48. The van der Waals surface area contributed by atoms with Crippen LogP contribution in [0.4, 0.5) is 0 Å². The average molecular weight is 264 g/mol. The van der Waals surface area contributed by atoms with E-state index in [9.17, 15) is 9.59 Å². The molecule has 1 N–H and O–H groups in total. The monoisotopic (exact) mass is 263 g/mol. The number of hydrogen-bond donors (Lipinski definition) is 1. The van der Waals surface area contributed by atoms with Gasteiger partial charge in [-0.25, -0.2) is 0 Å². The molecule has 1 aromatic heterocycles. The summed E-state index contributed by atoms with van der Waals surface area (Å²) in [7, 11) is 0. The molecule has 2 amide bonds. The number of rotatable bonds is 2. The lowest BCUT2D eigenvalue weighted by Gasteiger charge is -1.98. The molecule has 0 aliphatic rings. The summed E-state index contributed by atoms with van der Waals surface area (Å²) in [4.78, 5) is 22.3. The van der Waals surface area contributed by atoms with Crippen molar-refractivity contribution in [2.24, 2.45) is 0 Å². The zero-order valence-corrected chi connectivity index (χ0v) is 10.3. The third-order valence-electron chi connectivity index (χ3n) is 2.23. The summed E-state index contributed by atoms with van der Waals surface area (Å²) in [5.74, 6) is -0.386. The van der Waals surface area contributed by atoms with Gasteiger partial charge in [-0.3, -0.25) is 14.9 Å². The SMILES string of the molecule is CC(=O)NC(=O)c1ccc(-c2cccc(Cl)c2)o1. The lowest BCUT2D eigenvalue weighted by atomic mass is 10.2. The molecule has 0 aliphatic heterocycles. The molecule has 92 valence electrons. The Bertz CT molecular complexity index is 604. The van der Waals surface area contributed by atoms with Crippen molar-refractivity contribution in [3.63, 3.8) is 0 Å². The zero-order valence-electron chi connectivity index (χ0n) is 9.57. The van der Waals surface area contributed by atoms with E-state index in [1.54, 1.807) is 24.3 Å². The number of amides is 2. The molecule has 0 aliphatic carbocycles. The maximum Gasteiger partial charge on any atom is 0.293 e. The summed E-state index contributed by atoms with van der Waals surface area (Å²) in [6, 6.07) is 10.2. The van der Waals surface area contributed by atoms with Crippen LogP contribution in [0.5, 0.6) is 0 Å². The molecule has 0 unspecified atom stereocenters. The van der Waals surface area contributed by atoms with E-state index in [1.807, 2.05) is 6.07 Å². The van der Waals surface area contributed by atoms with Gasteiger partial charge in [0.15, 0.2) is 5.76 Å². The summed E-state index contributed by atoms with van der Waals surface area (Å²) in [6.07, 6.45) is 0. The maximum atomic E-state index is 11.5. The number of carbonyl (C=O) groups excluding carboxylic acids is 2. The van der Waals surface area contributed by atoms with Crippen LogP contribution in [0.2, 0.25) is 5.02 Å². The second kappa shape index (κ2) is 5.06. The first-order valence-electron chi connectivity index (χ1n) is 5.24. The van der Waals surface area contributed by atoms with Crippen LogP contribution in [0.25, 0.3) is 11.3 Å². The highest BCUT2D eigenvalue weighted by atomic mass is 35.5. The summed E-state index contributed by atoms with van der Waals surface area (Å²) in [6.45, 7) is 1.26. The predicted octanol–water partition coefficient (Wildman–Crippen LogP) is 2.88. The smallest absolute Gasteiger partial charge is 0.293 e. The van der Waals surface area contributed by atoms with Gasteiger partial charge >= 0.3 is 0 Å². The van der Waals surface area contributed by atoms with Crippen LogP contribution in [0, 0.1) is 0 Å².